The van der Waals surface area contributed by atoms with Gasteiger partial charge in [0, 0.05) is 24.2 Å². The molecule has 4 nitrogen and oxygen atoms in total. The molecular formula is C10H13BrN2O2. The van der Waals surface area contributed by atoms with Crippen LogP contribution in [-0.2, 0) is 12.8 Å². The van der Waals surface area contributed by atoms with Crippen LogP contribution in [0.5, 0.6) is 5.88 Å². The highest BCUT2D eigenvalue weighted by Crippen LogP contribution is 2.21. The average Bonchev–Trinajstić information content (AvgIpc) is 2.48. The van der Waals surface area contributed by atoms with Gasteiger partial charge in [-0.05, 0) is 28.9 Å². The molecule has 0 saturated heterocycles. The highest BCUT2D eigenvalue weighted by atomic mass is 79.9. The summed E-state index contributed by atoms with van der Waals surface area (Å²) in [7, 11) is 1.55. The normalized spacial score (nSPS) is 15.6. The number of methoxy groups -OCH3 is 1. The number of halogens is 1. The zero-order valence-electron chi connectivity index (χ0n) is 8.52. The molecule has 82 valence electrons. The molecule has 0 aromatic carbocycles. The predicted octanol–water partition coefficient (Wildman–Crippen LogP) is 0.834. The maximum atomic E-state index is 12.0. The van der Waals surface area contributed by atoms with Crippen LogP contribution in [0.2, 0.25) is 0 Å². The van der Waals surface area contributed by atoms with Gasteiger partial charge in [0.25, 0.3) is 0 Å². The first-order valence-electron chi connectivity index (χ1n) is 4.92. The zero-order valence-corrected chi connectivity index (χ0v) is 10.1. The topological polar surface area (TPSA) is 54.1 Å². The number of aromatic amines is 1. The quantitative estimate of drug-likeness (QED) is 0.797. The highest BCUT2D eigenvalue weighted by molar-refractivity contribution is 9.10. The van der Waals surface area contributed by atoms with E-state index in [9.17, 15) is 4.79 Å². The van der Waals surface area contributed by atoms with E-state index in [4.69, 9.17) is 4.74 Å². The van der Waals surface area contributed by atoms with Crippen molar-refractivity contribution < 1.29 is 4.74 Å². The van der Waals surface area contributed by atoms with Gasteiger partial charge in [0.1, 0.15) is 4.47 Å². The summed E-state index contributed by atoms with van der Waals surface area (Å²) in [4.78, 5) is 15.1. The lowest BCUT2D eigenvalue weighted by atomic mass is 10.1. The monoisotopic (exact) mass is 272 g/mol. The van der Waals surface area contributed by atoms with Gasteiger partial charge in [-0.1, -0.05) is 0 Å². The Bertz CT molecular complexity index is 428. The van der Waals surface area contributed by atoms with Crippen LogP contribution in [0.15, 0.2) is 9.27 Å². The van der Waals surface area contributed by atoms with Gasteiger partial charge >= 0.3 is 0 Å². The van der Waals surface area contributed by atoms with Crippen molar-refractivity contribution in [1.29, 1.82) is 0 Å². The molecule has 0 saturated carbocycles. The zero-order chi connectivity index (χ0) is 10.8. The van der Waals surface area contributed by atoms with Crippen molar-refractivity contribution in [2.75, 3.05) is 20.2 Å². The van der Waals surface area contributed by atoms with Crippen molar-refractivity contribution in [3.63, 3.8) is 0 Å². The Balaban J connectivity index is 2.58. The van der Waals surface area contributed by atoms with Gasteiger partial charge < -0.3 is 15.0 Å². The minimum Gasteiger partial charge on any atom is -0.481 e. The van der Waals surface area contributed by atoms with Gasteiger partial charge in [-0.15, -0.1) is 0 Å². The third-order valence-electron chi connectivity index (χ3n) is 2.61. The van der Waals surface area contributed by atoms with Crippen LogP contribution in [0, 0.1) is 0 Å². The number of hydrogen-bond acceptors (Lipinski definition) is 3. The Kier molecular flexibility index (Phi) is 3.11. The number of ether oxygens (including phenoxy) is 1. The van der Waals surface area contributed by atoms with E-state index in [1.165, 1.54) is 0 Å². The van der Waals surface area contributed by atoms with Crippen molar-refractivity contribution in [1.82, 2.24) is 10.3 Å². The first-order chi connectivity index (χ1) is 7.24. The van der Waals surface area contributed by atoms with Crippen LogP contribution >= 0.6 is 15.9 Å². The number of fused-ring (bicyclic) bond motifs is 1. The molecule has 1 aliphatic rings. The number of pyridine rings is 1. The Morgan fingerprint density at radius 1 is 1.33 bits per heavy atom. The SMILES string of the molecule is COc1[nH]c2c(c(=O)c1Br)CCNCC2. The maximum Gasteiger partial charge on any atom is 0.209 e. The van der Waals surface area contributed by atoms with E-state index in [1.807, 2.05) is 0 Å². The van der Waals surface area contributed by atoms with Crippen molar-refractivity contribution >= 4 is 15.9 Å². The molecule has 15 heavy (non-hydrogen) atoms. The van der Waals surface area contributed by atoms with Crippen LogP contribution in [-0.4, -0.2) is 25.2 Å². The molecule has 1 aliphatic heterocycles. The number of H-pyrrole nitrogens is 1. The molecule has 0 fully saturated rings. The van der Waals surface area contributed by atoms with Crippen molar-refractivity contribution in [2.24, 2.45) is 0 Å². The second-order valence-electron chi connectivity index (χ2n) is 3.51. The van der Waals surface area contributed by atoms with Gasteiger partial charge in [-0.2, -0.15) is 0 Å². The third-order valence-corrected chi connectivity index (χ3v) is 3.33. The van der Waals surface area contributed by atoms with Crippen LogP contribution in [0.3, 0.4) is 0 Å². The lowest BCUT2D eigenvalue weighted by Gasteiger charge is -2.09. The standard InChI is InChI=1S/C10H13BrN2O2/c1-15-10-8(11)9(14)6-2-4-12-5-3-7(6)13-10/h12H,2-5H2,1H3,(H,13,14). The largest absolute Gasteiger partial charge is 0.481 e. The van der Waals surface area contributed by atoms with E-state index in [0.29, 0.717) is 10.4 Å². The van der Waals surface area contributed by atoms with Crippen molar-refractivity contribution in [3.8, 4) is 5.88 Å². The molecule has 1 aromatic rings. The molecule has 0 atom stereocenters. The summed E-state index contributed by atoms with van der Waals surface area (Å²) in [6, 6.07) is 0. The predicted molar refractivity (Wildman–Crippen MR) is 61.6 cm³/mol. The summed E-state index contributed by atoms with van der Waals surface area (Å²) in [6.07, 6.45) is 1.61. The van der Waals surface area contributed by atoms with E-state index in [0.717, 1.165) is 37.2 Å². The molecule has 0 amide bonds. The van der Waals surface area contributed by atoms with Crippen LogP contribution < -0.4 is 15.5 Å². The molecule has 0 bridgehead atoms. The highest BCUT2D eigenvalue weighted by Gasteiger charge is 2.16. The summed E-state index contributed by atoms with van der Waals surface area (Å²) in [5.74, 6) is 0.514. The fourth-order valence-electron chi connectivity index (χ4n) is 1.81. The summed E-state index contributed by atoms with van der Waals surface area (Å²) in [5, 5.41) is 3.26. The molecule has 0 unspecified atom stereocenters. The first-order valence-corrected chi connectivity index (χ1v) is 5.71. The second kappa shape index (κ2) is 4.37. The summed E-state index contributed by atoms with van der Waals surface area (Å²) in [5.41, 5.74) is 1.90. The van der Waals surface area contributed by atoms with E-state index in [1.54, 1.807) is 7.11 Å². The lowest BCUT2D eigenvalue weighted by Crippen LogP contribution is -2.18. The van der Waals surface area contributed by atoms with E-state index >= 15 is 0 Å². The van der Waals surface area contributed by atoms with Crippen LogP contribution in [0.4, 0.5) is 0 Å². The minimum absolute atomic E-state index is 0.0456. The molecule has 0 radical (unpaired) electrons. The fourth-order valence-corrected chi connectivity index (χ4v) is 2.31. The number of rotatable bonds is 1. The maximum absolute atomic E-state index is 12.0. The van der Waals surface area contributed by atoms with Crippen molar-refractivity contribution in [2.45, 2.75) is 12.8 Å². The molecule has 2 rings (SSSR count). The number of hydrogen-bond donors (Lipinski definition) is 2. The molecule has 0 spiro atoms. The van der Waals surface area contributed by atoms with Gasteiger partial charge in [0.15, 0.2) is 0 Å². The summed E-state index contributed by atoms with van der Waals surface area (Å²) < 4.78 is 5.60. The fraction of sp³-hybridized carbons (Fsp3) is 0.500. The number of aromatic nitrogens is 1. The van der Waals surface area contributed by atoms with E-state index in [-0.39, 0.29) is 5.43 Å². The molecule has 2 N–H and O–H groups in total. The Hall–Kier alpha value is -0.810. The van der Waals surface area contributed by atoms with Gasteiger partial charge in [-0.3, -0.25) is 4.79 Å². The number of nitrogens with one attached hydrogen (secondary N) is 2. The smallest absolute Gasteiger partial charge is 0.209 e. The molecular weight excluding hydrogens is 260 g/mol. The minimum atomic E-state index is 0.0456. The summed E-state index contributed by atoms with van der Waals surface area (Å²) >= 11 is 3.26. The van der Waals surface area contributed by atoms with Crippen LogP contribution in [0.1, 0.15) is 11.3 Å². The molecule has 0 aliphatic carbocycles. The van der Waals surface area contributed by atoms with Gasteiger partial charge in [-0.25, -0.2) is 0 Å². The molecule has 1 aromatic heterocycles. The Labute approximate surface area is 96.2 Å². The molecule has 5 heteroatoms. The van der Waals surface area contributed by atoms with E-state index < -0.39 is 0 Å². The molecule has 2 heterocycles. The Morgan fingerprint density at radius 3 is 2.80 bits per heavy atom. The van der Waals surface area contributed by atoms with E-state index in [2.05, 4.69) is 26.2 Å². The second-order valence-corrected chi connectivity index (χ2v) is 4.30. The van der Waals surface area contributed by atoms with Crippen molar-refractivity contribution in [3.05, 3.63) is 26.0 Å². The average molecular weight is 273 g/mol. The Morgan fingerprint density at radius 2 is 2.07 bits per heavy atom. The van der Waals surface area contributed by atoms with Crippen LogP contribution in [0.25, 0.3) is 0 Å². The lowest BCUT2D eigenvalue weighted by molar-refractivity contribution is 0.392. The van der Waals surface area contributed by atoms with Gasteiger partial charge in [0.2, 0.25) is 11.3 Å². The van der Waals surface area contributed by atoms with Gasteiger partial charge in [0.05, 0.1) is 7.11 Å². The first kappa shape index (κ1) is 10.7. The third kappa shape index (κ3) is 1.94. The summed E-state index contributed by atoms with van der Waals surface area (Å²) in [6.45, 7) is 1.75.